The summed E-state index contributed by atoms with van der Waals surface area (Å²) < 4.78 is 1.86. The average Bonchev–Trinajstić information content (AvgIpc) is 2.81. The van der Waals surface area contributed by atoms with E-state index in [0.29, 0.717) is 37.0 Å². The fourth-order valence-electron chi connectivity index (χ4n) is 2.36. The van der Waals surface area contributed by atoms with Crippen LogP contribution in [-0.2, 0) is 17.8 Å². The van der Waals surface area contributed by atoms with Crippen molar-refractivity contribution >= 4 is 5.78 Å². The van der Waals surface area contributed by atoms with E-state index in [2.05, 4.69) is 18.9 Å². The molecule has 4 heteroatoms. The van der Waals surface area contributed by atoms with E-state index in [9.17, 15) is 4.79 Å². The molecule has 0 saturated heterocycles. The van der Waals surface area contributed by atoms with E-state index in [1.54, 1.807) is 6.20 Å². The van der Waals surface area contributed by atoms with Crippen molar-refractivity contribution in [3.63, 3.8) is 0 Å². The zero-order chi connectivity index (χ0) is 14.3. The molecule has 0 amide bonds. The van der Waals surface area contributed by atoms with Crippen LogP contribution in [0, 0.1) is 11.8 Å². The number of Topliss-reactive ketones (excluding diaryl/α,β-unsaturated/α-hetero) is 1. The number of aromatic nitrogens is 2. The molecule has 0 fully saturated rings. The van der Waals surface area contributed by atoms with Gasteiger partial charge in [-0.3, -0.25) is 9.48 Å². The summed E-state index contributed by atoms with van der Waals surface area (Å²) in [6.45, 7) is 8.01. The molecule has 4 nitrogen and oxygen atoms in total. The topological polar surface area (TPSA) is 60.9 Å². The Labute approximate surface area is 116 Å². The molecular weight excluding hydrogens is 238 g/mol. The average molecular weight is 265 g/mol. The molecule has 1 heterocycles. The lowest BCUT2D eigenvalue weighted by atomic mass is 9.87. The van der Waals surface area contributed by atoms with Crippen LogP contribution in [0.4, 0.5) is 0 Å². The molecule has 1 unspecified atom stereocenters. The van der Waals surface area contributed by atoms with Crippen molar-refractivity contribution in [2.45, 2.75) is 53.0 Å². The standard InChI is InChI=1S/C15H27N3O/c1-4-18-11-13(10-17-18)9-15(19)6-5-14(7-8-16)12(2)3/h10-12,14H,4-9,16H2,1-3H3. The Morgan fingerprint density at radius 1 is 1.42 bits per heavy atom. The smallest absolute Gasteiger partial charge is 0.137 e. The zero-order valence-corrected chi connectivity index (χ0v) is 12.4. The molecule has 1 aromatic heterocycles. The Morgan fingerprint density at radius 2 is 2.16 bits per heavy atom. The summed E-state index contributed by atoms with van der Waals surface area (Å²) >= 11 is 0. The molecule has 0 radical (unpaired) electrons. The van der Waals surface area contributed by atoms with Gasteiger partial charge in [-0.2, -0.15) is 5.10 Å². The minimum atomic E-state index is 0.304. The summed E-state index contributed by atoms with van der Waals surface area (Å²) in [5.74, 6) is 1.46. The molecule has 0 aromatic carbocycles. The van der Waals surface area contributed by atoms with Crippen LogP contribution in [0.5, 0.6) is 0 Å². The van der Waals surface area contributed by atoms with Gasteiger partial charge in [0.05, 0.1) is 6.20 Å². The summed E-state index contributed by atoms with van der Waals surface area (Å²) in [5, 5.41) is 4.19. The van der Waals surface area contributed by atoms with Crippen LogP contribution in [0.15, 0.2) is 12.4 Å². The van der Waals surface area contributed by atoms with Crippen LogP contribution >= 0.6 is 0 Å². The molecule has 1 atom stereocenters. The Bertz CT molecular complexity index is 384. The van der Waals surface area contributed by atoms with Crippen LogP contribution in [0.25, 0.3) is 0 Å². The van der Waals surface area contributed by atoms with Gasteiger partial charge in [-0.25, -0.2) is 0 Å². The van der Waals surface area contributed by atoms with Crippen LogP contribution in [0.3, 0.4) is 0 Å². The number of nitrogens with zero attached hydrogens (tertiary/aromatic N) is 2. The van der Waals surface area contributed by atoms with Crippen molar-refractivity contribution in [3.8, 4) is 0 Å². The molecule has 1 aromatic rings. The van der Waals surface area contributed by atoms with Gasteiger partial charge in [-0.1, -0.05) is 13.8 Å². The van der Waals surface area contributed by atoms with E-state index in [4.69, 9.17) is 5.73 Å². The molecule has 0 aliphatic rings. The fourth-order valence-corrected chi connectivity index (χ4v) is 2.36. The number of hydrogen-bond acceptors (Lipinski definition) is 3. The largest absolute Gasteiger partial charge is 0.330 e. The van der Waals surface area contributed by atoms with E-state index < -0.39 is 0 Å². The number of rotatable bonds is 9. The highest BCUT2D eigenvalue weighted by molar-refractivity contribution is 5.80. The minimum absolute atomic E-state index is 0.304. The molecular formula is C15H27N3O. The summed E-state index contributed by atoms with van der Waals surface area (Å²) in [4.78, 5) is 12.0. The van der Waals surface area contributed by atoms with Gasteiger partial charge in [0.25, 0.3) is 0 Å². The number of nitrogens with two attached hydrogens (primary N) is 1. The predicted molar refractivity (Wildman–Crippen MR) is 77.8 cm³/mol. The number of carbonyl (C=O) groups excluding carboxylic acids is 1. The second-order valence-electron chi connectivity index (χ2n) is 5.54. The molecule has 1 rings (SSSR count). The van der Waals surface area contributed by atoms with Gasteiger partial charge < -0.3 is 5.73 Å². The first-order chi connectivity index (χ1) is 9.06. The summed E-state index contributed by atoms with van der Waals surface area (Å²) in [7, 11) is 0. The number of aryl methyl sites for hydroxylation is 1. The second kappa shape index (κ2) is 8.10. The highest BCUT2D eigenvalue weighted by atomic mass is 16.1. The van der Waals surface area contributed by atoms with Crippen LogP contribution in [-0.4, -0.2) is 22.1 Å². The van der Waals surface area contributed by atoms with E-state index >= 15 is 0 Å². The third-order valence-corrected chi connectivity index (χ3v) is 3.69. The molecule has 0 aliphatic carbocycles. The lowest BCUT2D eigenvalue weighted by Gasteiger charge is -2.19. The normalized spacial score (nSPS) is 12.9. The lowest BCUT2D eigenvalue weighted by Crippen LogP contribution is -2.16. The van der Waals surface area contributed by atoms with E-state index in [1.807, 2.05) is 17.8 Å². The van der Waals surface area contributed by atoms with Gasteiger partial charge in [0, 0.05) is 25.6 Å². The van der Waals surface area contributed by atoms with Crippen molar-refractivity contribution in [1.29, 1.82) is 0 Å². The van der Waals surface area contributed by atoms with E-state index in [1.165, 1.54) is 0 Å². The van der Waals surface area contributed by atoms with Crippen LogP contribution in [0.1, 0.15) is 45.6 Å². The van der Waals surface area contributed by atoms with Gasteiger partial charge in [0.1, 0.15) is 5.78 Å². The Kier molecular flexibility index (Phi) is 6.78. The maximum Gasteiger partial charge on any atom is 0.137 e. The Balaban J connectivity index is 2.38. The van der Waals surface area contributed by atoms with Crippen molar-refractivity contribution in [2.75, 3.05) is 6.54 Å². The number of hydrogen-bond donors (Lipinski definition) is 1. The van der Waals surface area contributed by atoms with E-state index in [-0.39, 0.29) is 0 Å². The van der Waals surface area contributed by atoms with Crippen LogP contribution < -0.4 is 5.73 Å². The van der Waals surface area contributed by atoms with Crippen molar-refractivity contribution in [3.05, 3.63) is 18.0 Å². The van der Waals surface area contributed by atoms with Gasteiger partial charge in [-0.05, 0) is 43.7 Å². The SMILES string of the molecule is CCn1cc(CC(=O)CCC(CCN)C(C)C)cn1. The second-order valence-corrected chi connectivity index (χ2v) is 5.54. The first-order valence-electron chi connectivity index (χ1n) is 7.29. The third kappa shape index (κ3) is 5.55. The van der Waals surface area contributed by atoms with Gasteiger partial charge in [0.2, 0.25) is 0 Å². The first kappa shape index (κ1) is 15.9. The molecule has 0 spiro atoms. The monoisotopic (exact) mass is 265 g/mol. The van der Waals surface area contributed by atoms with Gasteiger partial charge in [0.15, 0.2) is 0 Å². The number of carbonyl (C=O) groups is 1. The molecule has 108 valence electrons. The minimum Gasteiger partial charge on any atom is -0.330 e. The summed E-state index contributed by atoms with van der Waals surface area (Å²) in [6, 6.07) is 0. The van der Waals surface area contributed by atoms with Crippen molar-refractivity contribution < 1.29 is 4.79 Å². The highest BCUT2D eigenvalue weighted by Crippen LogP contribution is 2.20. The molecule has 19 heavy (non-hydrogen) atoms. The first-order valence-corrected chi connectivity index (χ1v) is 7.29. The zero-order valence-electron chi connectivity index (χ0n) is 12.4. The molecule has 2 N–H and O–H groups in total. The Morgan fingerprint density at radius 3 is 2.68 bits per heavy atom. The lowest BCUT2D eigenvalue weighted by molar-refractivity contribution is -0.118. The van der Waals surface area contributed by atoms with Crippen LogP contribution in [0.2, 0.25) is 0 Å². The summed E-state index contributed by atoms with van der Waals surface area (Å²) in [5.41, 5.74) is 6.64. The van der Waals surface area contributed by atoms with E-state index in [0.717, 1.165) is 24.9 Å². The summed E-state index contributed by atoms with van der Waals surface area (Å²) in [6.07, 6.45) is 6.88. The van der Waals surface area contributed by atoms with Crippen molar-refractivity contribution in [2.24, 2.45) is 17.6 Å². The molecule has 0 aliphatic heterocycles. The maximum atomic E-state index is 12.0. The van der Waals surface area contributed by atoms with Crippen molar-refractivity contribution in [1.82, 2.24) is 9.78 Å². The third-order valence-electron chi connectivity index (χ3n) is 3.69. The predicted octanol–water partition coefficient (Wildman–Crippen LogP) is 2.42. The van der Waals surface area contributed by atoms with Gasteiger partial charge in [-0.15, -0.1) is 0 Å². The van der Waals surface area contributed by atoms with Gasteiger partial charge >= 0.3 is 0 Å². The molecule has 0 bridgehead atoms. The fraction of sp³-hybridized carbons (Fsp3) is 0.733. The Hall–Kier alpha value is -1.16. The quantitative estimate of drug-likeness (QED) is 0.746. The molecule has 0 saturated carbocycles. The number of ketones is 1. The highest BCUT2D eigenvalue weighted by Gasteiger charge is 2.15. The maximum absolute atomic E-state index is 12.0.